The van der Waals surface area contributed by atoms with Crippen molar-refractivity contribution in [3.05, 3.63) is 71.8 Å². The SMILES string of the molecule is CC=O.CCC=N.CCc1cccc(CNC2CC2C)c1.CNC(C)(CC(C)C)C(C)=O.c1ccccc1. The maximum atomic E-state index is 11.2. The minimum atomic E-state index is -0.325. The van der Waals surface area contributed by atoms with Crippen LogP contribution in [0.2, 0.25) is 0 Å². The molecule has 5 nitrogen and oxygen atoms in total. The Morgan fingerprint density at radius 3 is 1.82 bits per heavy atom. The zero-order chi connectivity index (χ0) is 29.4. The molecule has 1 fully saturated rings. The fourth-order valence-corrected chi connectivity index (χ4v) is 3.44. The molecule has 1 aliphatic rings. The molecule has 5 heteroatoms. The van der Waals surface area contributed by atoms with Crippen LogP contribution >= 0.6 is 0 Å². The van der Waals surface area contributed by atoms with Crippen molar-refractivity contribution < 1.29 is 9.59 Å². The summed E-state index contributed by atoms with van der Waals surface area (Å²) in [7, 11) is 1.84. The number of rotatable bonds is 9. The van der Waals surface area contributed by atoms with E-state index in [0.717, 1.165) is 44.1 Å². The molecule has 2 aromatic carbocycles. The zero-order valence-electron chi connectivity index (χ0n) is 25.5. The second-order valence-electron chi connectivity index (χ2n) is 10.1. The van der Waals surface area contributed by atoms with Crippen molar-refractivity contribution >= 4 is 18.3 Å². The maximum Gasteiger partial charge on any atom is 0.149 e. The third-order valence-corrected chi connectivity index (χ3v) is 6.09. The van der Waals surface area contributed by atoms with Gasteiger partial charge in [-0.05, 0) is 82.7 Å². The van der Waals surface area contributed by atoms with Gasteiger partial charge in [0.25, 0.3) is 0 Å². The Morgan fingerprint density at radius 2 is 1.53 bits per heavy atom. The Labute approximate surface area is 233 Å². The fourth-order valence-electron chi connectivity index (χ4n) is 3.44. The van der Waals surface area contributed by atoms with Gasteiger partial charge in [0.05, 0.1) is 5.54 Å². The molecule has 0 heterocycles. The summed E-state index contributed by atoms with van der Waals surface area (Å²) in [5, 5.41) is 13.0. The molecule has 3 rings (SSSR count). The summed E-state index contributed by atoms with van der Waals surface area (Å²) in [5.41, 5.74) is 2.53. The first-order valence-corrected chi connectivity index (χ1v) is 13.9. The third kappa shape index (κ3) is 20.4. The number of Topliss-reactive ketones (excluding diaryl/α,β-unsaturated/α-hetero) is 1. The normalized spacial score (nSPS) is 16.3. The molecule has 3 atom stereocenters. The van der Waals surface area contributed by atoms with Gasteiger partial charge in [-0.2, -0.15) is 0 Å². The summed E-state index contributed by atoms with van der Waals surface area (Å²) in [6.07, 6.45) is 6.37. The number of carbonyl (C=O) groups is 2. The minimum Gasteiger partial charge on any atom is -0.313 e. The second-order valence-corrected chi connectivity index (χ2v) is 10.1. The number of aldehydes is 1. The Morgan fingerprint density at radius 1 is 1.08 bits per heavy atom. The highest BCUT2D eigenvalue weighted by molar-refractivity contribution is 5.85. The number of carbonyl (C=O) groups excluding carboxylic acids is 2. The van der Waals surface area contributed by atoms with Gasteiger partial charge in [0.1, 0.15) is 12.1 Å². The van der Waals surface area contributed by atoms with E-state index in [0.29, 0.717) is 5.92 Å². The van der Waals surface area contributed by atoms with Crippen LogP contribution < -0.4 is 10.6 Å². The predicted molar refractivity (Wildman–Crippen MR) is 165 cm³/mol. The van der Waals surface area contributed by atoms with Gasteiger partial charge in [-0.15, -0.1) is 0 Å². The molecule has 3 N–H and O–H groups in total. The van der Waals surface area contributed by atoms with Crippen LogP contribution in [0.15, 0.2) is 60.7 Å². The van der Waals surface area contributed by atoms with E-state index < -0.39 is 0 Å². The van der Waals surface area contributed by atoms with E-state index in [1.54, 1.807) is 6.92 Å². The monoisotopic (exact) mass is 525 g/mol. The van der Waals surface area contributed by atoms with Crippen LogP contribution in [0, 0.1) is 17.2 Å². The largest absolute Gasteiger partial charge is 0.313 e. The van der Waals surface area contributed by atoms with Crippen molar-refractivity contribution in [2.75, 3.05) is 7.05 Å². The molecule has 1 aliphatic carbocycles. The number of likely N-dealkylation sites (N-methyl/N-ethyl adjacent to an activating group) is 1. The first kappa shape index (κ1) is 37.5. The van der Waals surface area contributed by atoms with Gasteiger partial charge in [-0.3, -0.25) is 4.79 Å². The topological polar surface area (TPSA) is 82.1 Å². The van der Waals surface area contributed by atoms with Gasteiger partial charge in [-0.1, -0.05) is 95.3 Å². The summed E-state index contributed by atoms with van der Waals surface area (Å²) in [6, 6.07) is 21.6. The number of nitrogens with one attached hydrogen (secondary N) is 3. The number of ketones is 1. The maximum absolute atomic E-state index is 11.2. The van der Waals surface area contributed by atoms with Gasteiger partial charge in [-0.25, -0.2) is 0 Å². The Hall–Kier alpha value is -2.63. The zero-order valence-corrected chi connectivity index (χ0v) is 25.5. The Kier molecular flexibility index (Phi) is 23.2. The summed E-state index contributed by atoms with van der Waals surface area (Å²) in [5.74, 6) is 1.66. The van der Waals surface area contributed by atoms with E-state index in [1.165, 1.54) is 30.7 Å². The van der Waals surface area contributed by atoms with Crippen LogP contribution in [-0.4, -0.2) is 36.9 Å². The molecule has 0 amide bonds. The van der Waals surface area contributed by atoms with E-state index in [2.05, 4.69) is 62.6 Å². The summed E-state index contributed by atoms with van der Waals surface area (Å²) >= 11 is 0. The van der Waals surface area contributed by atoms with Crippen molar-refractivity contribution in [3.63, 3.8) is 0 Å². The molecule has 0 saturated heterocycles. The van der Waals surface area contributed by atoms with E-state index in [-0.39, 0.29) is 11.3 Å². The van der Waals surface area contributed by atoms with E-state index in [9.17, 15) is 4.79 Å². The highest BCUT2D eigenvalue weighted by atomic mass is 16.1. The lowest BCUT2D eigenvalue weighted by atomic mass is 9.88. The number of benzene rings is 2. The van der Waals surface area contributed by atoms with Gasteiger partial charge >= 0.3 is 0 Å². The van der Waals surface area contributed by atoms with Crippen LogP contribution in [0.25, 0.3) is 0 Å². The second kappa shape index (κ2) is 23.5. The number of hydrogen-bond acceptors (Lipinski definition) is 5. The average Bonchev–Trinajstić information content (AvgIpc) is 3.64. The lowest BCUT2D eigenvalue weighted by molar-refractivity contribution is -0.123. The van der Waals surface area contributed by atoms with E-state index in [1.807, 2.05) is 57.3 Å². The van der Waals surface area contributed by atoms with Gasteiger partial charge in [0.15, 0.2) is 0 Å². The molecule has 214 valence electrons. The van der Waals surface area contributed by atoms with Gasteiger partial charge in [0, 0.05) is 12.6 Å². The van der Waals surface area contributed by atoms with E-state index in [4.69, 9.17) is 10.2 Å². The van der Waals surface area contributed by atoms with Crippen molar-refractivity contribution in [2.45, 2.75) is 99.2 Å². The van der Waals surface area contributed by atoms with Crippen molar-refractivity contribution in [3.8, 4) is 0 Å². The molecule has 0 spiro atoms. The van der Waals surface area contributed by atoms with E-state index >= 15 is 0 Å². The molecule has 2 aromatic rings. The smallest absolute Gasteiger partial charge is 0.149 e. The van der Waals surface area contributed by atoms with Crippen molar-refractivity contribution in [2.24, 2.45) is 11.8 Å². The summed E-state index contributed by atoms with van der Waals surface area (Å²) in [4.78, 5) is 20.0. The highest BCUT2D eigenvalue weighted by Crippen LogP contribution is 2.29. The van der Waals surface area contributed by atoms with Gasteiger partial charge < -0.3 is 20.8 Å². The van der Waals surface area contributed by atoms with Crippen LogP contribution in [-0.2, 0) is 22.6 Å². The Balaban J connectivity index is 0. The average molecular weight is 526 g/mol. The lowest BCUT2D eigenvalue weighted by Crippen LogP contribution is -2.47. The molecule has 0 aliphatic heterocycles. The number of aryl methyl sites for hydroxylation is 1. The van der Waals surface area contributed by atoms with Crippen molar-refractivity contribution in [1.82, 2.24) is 10.6 Å². The summed E-state index contributed by atoms with van der Waals surface area (Å²) in [6.45, 7) is 16.8. The lowest BCUT2D eigenvalue weighted by Gasteiger charge is -2.27. The fraction of sp³-hybridized carbons (Fsp3) is 0.545. The molecule has 0 bridgehead atoms. The molecule has 1 saturated carbocycles. The van der Waals surface area contributed by atoms with Crippen LogP contribution in [0.4, 0.5) is 0 Å². The molecule has 0 radical (unpaired) electrons. The van der Waals surface area contributed by atoms with Gasteiger partial charge in [0.2, 0.25) is 0 Å². The Bertz CT molecular complexity index is 828. The molecular weight excluding hydrogens is 470 g/mol. The minimum absolute atomic E-state index is 0.216. The molecule has 3 unspecified atom stereocenters. The molecule has 0 aromatic heterocycles. The first-order chi connectivity index (χ1) is 18.0. The third-order valence-electron chi connectivity index (χ3n) is 6.09. The van der Waals surface area contributed by atoms with Crippen molar-refractivity contribution in [1.29, 1.82) is 5.41 Å². The molecular formula is C33H55N3O2. The van der Waals surface area contributed by atoms with Crippen LogP contribution in [0.1, 0.15) is 85.8 Å². The number of hydrogen-bond donors (Lipinski definition) is 3. The first-order valence-electron chi connectivity index (χ1n) is 13.9. The van der Waals surface area contributed by atoms with Crippen LogP contribution in [0.3, 0.4) is 0 Å². The van der Waals surface area contributed by atoms with Crippen LogP contribution in [0.5, 0.6) is 0 Å². The highest BCUT2D eigenvalue weighted by Gasteiger charge is 2.31. The standard InChI is InChI=1S/C13H19N.C9H19NO.C6H6.C3H7N.C2H4O/c1-3-11-5-4-6-12(8-11)9-14-13-7-10(13)2;1-7(2)6-9(4,10-5)8(3)11;1-2-4-6-5-3-1;1-2-3-4;1-2-3/h4-6,8,10,13-14H,3,7,9H2,1-2H3;7,10H,6H2,1-5H3;1-6H;3-4H,2H2,1H3;2H,1H3. The predicted octanol–water partition coefficient (Wildman–Crippen LogP) is 7.28. The molecule has 38 heavy (non-hydrogen) atoms. The summed E-state index contributed by atoms with van der Waals surface area (Å²) < 4.78 is 0. The quantitative estimate of drug-likeness (QED) is 0.237.